The molecule has 0 unspecified atom stereocenters. The molecule has 1 aromatic carbocycles. The lowest BCUT2D eigenvalue weighted by atomic mass is 10.0. The van der Waals surface area contributed by atoms with E-state index in [0.29, 0.717) is 6.04 Å². The van der Waals surface area contributed by atoms with E-state index in [1.807, 2.05) is 11.8 Å². The van der Waals surface area contributed by atoms with E-state index in [9.17, 15) is 0 Å². The number of benzene rings is 1. The molecule has 0 radical (unpaired) electrons. The van der Waals surface area contributed by atoms with Gasteiger partial charge in [-0.25, -0.2) is 0 Å². The maximum absolute atomic E-state index is 2.71. The summed E-state index contributed by atoms with van der Waals surface area (Å²) in [6.45, 7) is 4.94. The fourth-order valence-corrected chi connectivity index (χ4v) is 4.19. The van der Waals surface area contributed by atoms with Crippen LogP contribution in [0.25, 0.3) is 0 Å². The molecule has 98 valence electrons. The van der Waals surface area contributed by atoms with Gasteiger partial charge >= 0.3 is 0 Å². The summed E-state index contributed by atoms with van der Waals surface area (Å²) in [5.41, 5.74) is 1.57. The lowest BCUT2D eigenvalue weighted by molar-refractivity contribution is 0.195. The van der Waals surface area contributed by atoms with Gasteiger partial charge in [0.25, 0.3) is 0 Å². The van der Waals surface area contributed by atoms with E-state index in [0.717, 1.165) is 0 Å². The molecule has 3 rings (SSSR count). The topological polar surface area (TPSA) is 6.48 Å². The van der Waals surface area contributed by atoms with E-state index in [1.54, 1.807) is 5.56 Å². The van der Waals surface area contributed by atoms with Crippen LogP contribution < -0.4 is 0 Å². The van der Waals surface area contributed by atoms with Crippen molar-refractivity contribution < 1.29 is 0 Å². The zero-order chi connectivity index (χ0) is 12.4. The van der Waals surface area contributed by atoms with Gasteiger partial charge in [0.05, 0.1) is 0 Å². The average molecular weight is 262 g/mol. The number of thioether (sulfide) groups is 1. The summed E-state index contributed by atoms with van der Waals surface area (Å²) in [5.74, 6) is 1.27. The van der Waals surface area contributed by atoms with Gasteiger partial charge in [-0.05, 0) is 43.8 Å². The van der Waals surface area contributed by atoms with Gasteiger partial charge in [0.2, 0.25) is 0 Å². The van der Waals surface area contributed by atoms with Crippen molar-refractivity contribution in [1.82, 2.24) is 9.80 Å². The number of nitrogens with zero attached hydrogens (tertiary/aromatic N) is 2. The summed E-state index contributed by atoms with van der Waals surface area (Å²) in [6, 6.07) is 9.65. The normalized spacial score (nSPS) is 26.6. The molecule has 0 spiro atoms. The maximum atomic E-state index is 2.71. The highest BCUT2D eigenvalue weighted by Crippen LogP contribution is 2.39. The Labute approximate surface area is 114 Å². The van der Waals surface area contributed by atoms with Crippen LogP contribution in [0.4, 0.5) is 0 Å². The van der Waals surface area contributed by atoms with Crippen molar-refractivity contribution in [2.75, 3.05) is 39.0 Å². The quantitative estimate of drug-likeness (QED) is 0.768. The second-order valence-corrected chi connectivity index (χ2v) is 6.52. The minimum absolute atomic E-state index is 0.661. The Morgan fingerprint density at radius 3 is 2.94 bits per heavy atom. The van der Waals surface area contributed by atoms with Crippen molar-refractivity contribution in [3.8, 4) is 0 Å². The van der Waals surface area contributed by atoms with Crippen molar-refractivity contribution in [1.29, 1.82) is 0 Å². The van der Waals surface area contributed by atoms with E-state index in [-0.39, 0.29) is 0 Å². The van der Waals surface area contributed by atoms with E-state index in [4.69, 9.17) is 0 Å². The van der Waals surface area contributed by atoms with Gasteiger partial charge in [0.15, 0.2) is 0 Å². The molecule has 1 atom stereocenters. The Morgan fingerprint density at radius 1 is 1.11 bits per heavy atom. The van der Waals surface area contributed by atoms with Gasteiger partial charge in [-0.1, -0.05) is 18.2 Å². The molecule has 0 aliphatic carbocycles. The molecule has 2 aliphatic heterocycles. The van der Waals surface area contributed by atoms with Crippen molar-refractivity contribution in [2.45, 2.75) is 23.8 Å². The van der Waals surface area contributed by atoms with Crippen LogP contribution in [0.2, 0.25) is 0 Å². The van der Waals surface area contributed by atoms with Crippen LogP contribution in [0.1, 0.15) is 24.4 Å². The number of hydrogen-bond donors (Lipinski definition) is 0. The van der Waals surface area contributed by atoms with Crippen LogP contribution in [-0.2, 0) is 0 Å². The number of fused-ring (bicyclic) bond motifs is 1. The Balaban J connectivity index is 1.80. The monoisotopic (exact) mass is 262 g/mol. The Morgan fingerprint density at radius 2 is 2.00 bits per heavy atom. The summed E-state index contributed by atoms with van der Waals surface area (Å²) < 4.78 is 0. The predicted octanol–water partition coefficient (Wildman–Crippen LogP) is 2.86. The maximum Gasteiger partial charge on any atom is 0.0367 e. The van der Waals surface area contributed by atoms with Gasteiger partial charge in [-0.3, -0.25) is 4.90 Å². The molecule has 2 aliphatic rings. The Kier molecular flexibility index (Phi) is 3.92. The van der Waals surface area contributed by atoms with Crippen LogP contribution in [-0.4, -0.2) is 48.8 Å². The summed E-state index contributed by atoms with van der Waals surface area (Å²) in [6.07, 6.45) is 2.62. The van der Waals surface area contributed by atoms with E-state index in [1.165, 1.54) is 49.7 Å². The standard InChI is InChI=1S/C15H22N2S/c1-16-8-4-9-17(11-10-16)14-7-12-18-15-6-3-2-5-13(14)15/h2-3,5-6,14H,4,7-12H2,1H3/t14-/m0/s1. The second kappa shape index (κ2) is 5.64. The molecule has 18 heavy (non-hydrogen) atoms. The fourth-order valence-electron chi connectivity index (χ4n) is 3.08. The average Bonchev–Trinajstić information content (AvgIpc) is 2.63. The van der Waals surface area contributed by atoms with Crippen molar-refractivity contribution in [2.24, 2.45) is 0 Å². The summed E-state index contributed by atoms with van der Waals surface area (Å²) in [4.78, 5) is 6.68. The van der Waals surface area contributed by atoms with Crippen LogP contribution >= 0.6 is 11.8 Å². The number of likely N-dealkylation sites (N-methyl/N-ethyl adjacent to an activating group) is 1. The first kappa shape index (κ1) is 12.5. The summed E-state index contributed by atoms with van der Waals surface area (Å²) >= 11 is 2.03. The first-order chi connectivity index (χ1) is 8.84. The van der Waals surface area contributed by atoms with Gasteiger partial charge < -0.3 is 4.90 Å². The summed E-state index contributed by atoms with van der Waals surface area (Å²) in [5, 5.41) is 0. The molecule has 1 saturated heterocycles. The molecule has 0 N–H and O–H groups in total. The molecular weight excluding hydrogens is 240 g/mol. The molecule has 0 bridgehead atoms. The first-order valence-electron chi connectivity index (χ1n) is 6.99. The highest BCUT2D eigenvalue weighted by atomic mass is 32.2. The van der Waals surface area contributed by atoms with Crippen molar-refractivity contribution in [3.63, 3.8) is 0 Å². The fraction of sp³-hybridized carbons (Fsp3) is 0.600. The number of hydrogen-bond acceptors (Lipinski definition) is 3. The lowest BCUT2D eigenvalue weighted by Crippen LogP contribution is -2.34. The third kappa shape index (κ3) is 2.58. The molecule has 0 amide bonds. The Hall–Kier alpha value is -0.510. The molecule has 1 fully saturated rings. The highest BCUT2D eigenvalue weighted by Gasteiger charge is 2.26. The minimum Gasteiger partial charge on any atom is -0.305 e. The zero-order valence-corrected chi connectivity index (χ0v) is 12.0. The van der Waals surface area contributed by atoms with Crippen molar-refractivity contribution in [3.05, 3.63) is 29.8 Å². The molecular formula is C15H22N2S. The Bertz CT molecular complexity index is 407. The van der Waals surface area contributed by atoms with E-state index < -0.39 is 0 Å². The zero-order valence-electron chi connectivity index (χ0n) is 11.1. The third-order valence-electron chi connectivity index (χ3n) is 4.12. The van der Waals surface area contributed by atoms with Gasteiger partial charge in [-0.15, -0.1) is 11.8 Å². The van der Waals surface area contributed by atoms with Crippen molar-refractivity contribution >= 4 is 11.8 Å². The number of rotatable bonds is 1. The van der Waals surface area contributed by atoms with Crippen LogP contribution in [0, 0.1) is 0 Å². The van der Waals surface area contributed by atoms with E-state index >= 15 is 0 Å². The molecule has 1 aromatic rings. The molecule has 2 nitrogen and oxygen atoms in total. The van der Waals surface area contributed by atoms with Crippen LogP contribution in [0.15, 0.2) is 29.2 Å². The van der Waals surface area contributed by atoms with Gasteiger partial charge in [0, 0.05) is 30.6 Å². The van der Waals surface area contributed by atoms with E-state index in [2.05, 4.69) is 41.1 Å². The molecule has 3 heteroatoms. The largest absolute Gasteiger partial charge is 0.305 e. The smallest absolute Gasteiger partial charge is 0.0367 e. The third-order valence-corrected chi connectivity index (χ3v) is 5.24. The first-order valence-corrected chi connectivity index (χ1v) is 7.97. The predicted molar refractivity (Wildman–Crippen MR) is 78.2 cm³/mol. The molecule has 0 saturated carbocycles. The van der Waals surface area contributed by atoms with Crippen LogP contribution in [0.5, 0.6) is 0 Å². The van der Waals surface area contributed by atoms with Crippen LogP contribution in [0.3, 0.4) is 0 Å². The molecule has 2 heterocycles. The summed E-state index contributed by atoms with van der Waals surface area (Å²) in [7, 11) is 2.24. The van der Waals surface area contributed by atoms with Gasteiger partial charge in [-0.2, -0.15) is 0 Å². The highest BCUT2D eigenvalue weighted by molar-refractivity contribution is 7.99. The van der Waals surface area contributed by atoms with Gasteiger partial charge in [0.1, 0.15) is 0 Å². The lowest BCUT2D eigenvalue weighted by Gasteiger charge is -2.34. The SMILES string of the molecule is CN1CCCN([C@H]2CCSc3ccccc32)CC1. The second-order valence-electron chi connectivity index (χ2n) is 5.38. The minimum atomic E-state index is 0.661. The molecule has 0 aromatic heterocycles.